The number of benzene rings is 1. The van der Waals surface area contributed by atoms with E-state index in [9.17, 15) is 9.18 Å². The minimum absolute atomic E-state index is 0.127. The Morgan fingerprint density at radius 3 is 2.79 bits per heavy atom. The van der Waals surface area contributed by atoms with Gasteiger partial charge in [-0.15, -0.1) is 0 Å². The van der Waals surface area contributed by atoms with E-state index in [1.165, 1.54) is 12.1 Å². The molecule has 2 atom stereocenters. The number of anilines is 1. The largest absolute Gasteiger partial charge is 0.378 e. The Bertz CT molecular complexity index is 422. The molecule has 1 saturated heterocycles. The first-order chi connectivity index (χ1) is 9.15. The van der Waals surface area contributed by atoms with E-state index < -0.39 is 0 Å². The average molecular weight is 266 g/mol. The highest BCUT2D eigenvalue weighted by Crippen LogP contribution is 2.19. The molecule has 1 aliphatic rings. The van der Waals surface area contributed by atoms with E-state index in [0.717, 1.165) is 19.6 Å². The van der Waals surface area contributed by atoms with Crippen LogP contribution in [0.5, 0.6) is 0 Å². The molecule has 1 heterocycles. The Morgan fingerprint density at radius 1 is 1.42 bits per heavy atom. The van der Waals surface area contributed by atoms with E-state index in [2.05, 4.69) is 17.6 Å². The van der Waals surface area contributed by atoms with E-state index in [1.54, 1.807) is 12.1 Å². The highest BCUT2D eigenvalue weighted by molar-refractivity contribution is 5.92. The quantitative estimate of drug-likeness (QED) is 0.854. The Labute approximate surface area is 112 Å². The van der Waals surface area contributed by atoms with E-state index in [-0.39, 0.29) is 24.4 Å². The zero-order chi connectivity index (χ0) is 13.7. The lowest BCUT2D eigenvalue weighted by atomic mass is 10.0. The van der Waals surface area contributed by atoms with Gasteiger partial charge in [0, 0.05) is 18.8 Å². The first kappa shape index (κ1) is 14.0. The minimum atomic E-state index is -0.314. The number of halogens is 1. The zero-order valence-corrected chi connectivity index (χ0v) is 11.0. The van der Waals surface area contributed by atoms with E-state index in [4.69, 9.17) is 4.74 Å². The molecule has 1 aromatic rings. The average Bonchev–Trinajstić information content (AvgIpc) is 2.78. The third kappa shape index (κ3) is 4.29. The van der Waals surface area contributed by atoms with E-state index in [1.807, 2.05) is 0 Å². The molecule has 0 aromatic heterocycles. The van der Waals surface area contributed by atoms with Gasteiger partial charge in [0.1, 0.15) is 5.82 Å². The third-order valence-electron chi connectivity index (χ3n) is 3.35. The molecule has 2 N–H and O–H groups in total. The van der Waals surface area contributed by atoms with Crippen LogP contribution in [0, 0.1) is 11.7 Å². The maximum absolute atomic E-state index is 12.7. The van der Waals surface area contributed by atoms with Crippen molar-refractivity contribution in [2.24, 2.45) is 5.92 Å². The molecule has 0 bridgehead atoms. The summed E-state index contributed by atoms with van der Waals surface area (Å²) in [4.78, 5) is 11.7. The van der Waals surface area contributed by atoms with Crippen molar-refractivity contribution in [3.05, 3.63) is 30.1 Å². The van der Waals surface area contributed by atoms with Crippen LogP contribution in [0.3, 0.4) is 0 Å². The predicted octanol–water partition coefficient (Wildman–Crippen LogP) is 1.78. The lowest BCUT2D eigenvalue weighted by molar-refractivity contribution is -0.115. The Kier molecular flexibility index (Phi) is 4.87. The van der Waals surface area contributed by atoms with Crippen molar-refractivity contribution >= 4 is 11.6 Å². The summed E-state index contributed by atoms with van der Waals surface area (Å²) in [5, 5.41) is 5.83. The maximum atomic E-state index is 12.7. The second kappa shape index (κ2) is 6.63. The molecule has 4 nitrogen and oxygen atoms in total. The van der Waals surface area contributed by atoms with Gasteiger partial charge in [-0.25, -0.2) is 4.39 Å². The molecule has 2 rings (SSSR count). The predicted molar refractivity (Wildman–Crippen MR) is 71.4 cm³/mol. The number of carbonyl (C=O) groups is 1. The molecular weight excluding hydrogens is 247 g/mol. The lowest BCUT2D eigenvalue weighted by Crippen LogP contribution is -2.33. The topological polar surface area (TPSA) is 50.4 Å². The summed E-state index contributed by atoms with van der Waals surface area (Å²) in [6, 6.07) is 5.72. The zero-order valence-electron chi connectivity index (χ0n) is 11.0. The fourth-order valence-corrected chi connectivity index (χ4v) is 2.15. The monoisotopic (exact) mass is 266 g/mol. The van der Waals surface area contributed by atoms with Crippen LogP contribution in [-0.2, 0) is 9.53 Å². The lowest BCUT2D eigenvalue weighted by Gasteiger charge is -2.14. The van der Waals surface area contributed by atoms with Crippen LogP contribution in [0.1, 0.15) is 13.3 Å². The smallest absolute Gasteiger partial charge is 0.238 e. The van der Waals surface area contributed by atoms with E-state index in [0.29, 0.717) is 11.6 Å². The van der Waals surface area contributed by atoms with Crippen molar-refractivity contribution in [2.75, 3.05) is 25.0 Å². The minimum Gasteiger partial charge on any atom is -0.378 e. The molecule has 2 unspecified atom stereocenters. The molecule has 0 spiro atoms. The normalized spacial score (nSPS) is 22.4. The highest BCUT2D eigenvalue weighted by Gasteiger charge is 2.23. The van der Waals surface area contributed by atoms with Gasteiger partial charge in [0.15, 0.2) is 0 Å². The van der Waals surface area contributed by atoms with Crippen LogP contribution in [0.15, 0.2) is 24.3 Å². The second-order valence-electron chi connectivity index (χ2n) is 4.81. The Balaban J connectivity index is 1.68. The molecule has 19 heavy (non-hydrogen) atoms. The summed E-state index contributed by atoms with van der Waals surface area (Å²) in [6.07, 6.45) is 1.29. The maximum Gasteiger partial charge on any atom is 0.238 e. The molecule has 104 valence electrons. The van der Waals surface area contributed by atoms with Crippen molar-refractivity contribution in [2.45, 2.75) is 19.4 Å². The van der Waals surface area contributed by atoms with Crippen LogP contribution in [-0.4, -0.2) is 31.7 Å². The second-order valence-corrected chi connectivity index (χ2v) is 4.81. The summed E-state index contributed by atoms with van der Waals surface area (Å²) in [6.45, 7) is 3.88. The van der Waals surface area contributed by atoms with Crippen LogP contribution in [0.25, 0.3) is 0 Å². The van der Waals surface area contributed by atoms with Crippen LogP contribution < -0.4 is 10.6 Å². The van der Waals surface area contributed by atoms with Crippen molar-refractivity contribution in [1.29, 1.82) is 0 Å². The number of nitrogens with one attached hydrogen (secondary N) is 2. The summed E-state index contributed by atoms with van der Waals surface area (Å²) in [7, 11) is 0. The summed E-state index contributed by atoms with van der Waals surface area (Å²) < 4.78 is 18.2. The van der Waals surface area contributed by atoms with Gasteiger partial charge < -0.3 is 15.4 Å². The van der Waals surface area contributed by atoms with Crippen molar-refractivity contribution in [3.63, 3.8) is 0 Å². The number of hydrogen-bond donors (Lipinski definition) is 2. The van der Waals surface area contributed by atoms with Crippen LogP contribution >= 0.6 is 0 Å². The van der Waals surface area contributed by atoms with E-state index >= 15 is 0 Å². The Hall–Kier alpha value is -1.46. The number of carbonyl (C=O) groups excluding carboxylic acids is 1. The molecule has 0 aliphatic carbocycles. The van der Waals surface area contributed by atoms with Crippen LogP contribution in [0.2, 0.25) is 0 Å². The molecule has 0 saturated carbocycles. The first-order valence-corrected chi connectivity index (χ1v) is 6.53. The van der Waals surface area contributed by atoms with Gasteiger partial charge in [0.2, 0.25) is 5.91 Å². The molecule has 1 amide bonds. The van der Waals surface area contributed by atoms with Gasteiger partial charge >= 0.3 is 0 Å². The SMILES string of the molecule is CC1OCCC1CNCC(=O)Nc1ccc(F)cc1. The number of ether oxygens (including phenoxy) is 1. The van der Waals surface area contributed by atoms with Crippen LogP contribution in [0.4, 0.5) is 10.1 Å². The van der Waals surface area contributed by atoms with Gasteiger partial charge in [0.05, 0.1) is 12.6 Å². The summed E-state index contributed by atoms with van der Waals surface area (Å²) >= 11 is 0. The molecule has 5 heteroatoms. The molecular formula is C14H19FN2O2. The van der Waals surface area contributed by atoms with Gasteiger partial charge in [0.25, 0.3) is 0 Å². The molecule has 0 radical (unpaired) electrons. The fraction of sp³-hybridized carbons (Fsp3) is 0.500. The molecule has 1 aromatic carbocycles. The van der Waals surface area contributed by atoms with Gasteiger partial charge in [-0.2, -0.15) is 0 Å². The summed E-state index contributed by atoms with van der Waals surface area (Å²) in [5.41, 5.74) is 0.603. The molecule has 1 fully saturated rings. The van der Waals surface area contributed by atoms with Gasteiger partial charge in [-0.3, -0.25) is 4.79 Å². The first-order valence-electron chi connectivity index (χ1n) is 6.53. The molecule has 1 aliphatic heterocycles. The van der Waals surface area contributed by atoms with Crippen molar-refractivity contribution in [3.8, 4) is 0 Å². The standard InChI is InChI=1S/C14H19FN2O2/c1-10-11(6-7-19-10)8-16-9-14(18)17-13-4-2-12(15)3-5-13/h2-5,10-11,16H,6-9H2,1H3,(H,17,18). The van der Waals surface area contributed by atoms with Gasteiger partial charge in [-0.05, 0) is 43.5 Å². The third-order valence-corrected chi connectivity index (χ3v) is 3.35. The number of amides is 1. The fourth-order valence-electron chi connectivity index (χ4n) is 2.15. The highest BCUT2D eigenvalue weighted by atomic mass is 19.1. The van der Waals surface area contributed by atoms with Crippen molar-refractivity contribution < 1.29 is 13.9 Å². The van der Waals surface area contributed by atoms with Gasteiger partial charge in [-0.1, -0.05) is 0 Å². The Morgan fingerprint density at radius 2 is 2.16 bits per heavy atom. The number of rotatable bonds is 5. The van der Waals surface area contributed by atoms with Crippen molar-refractivity contribution in [1.82, 2.24) is 5.32 Å². The number of hydrogen-bond acceptors (Lipinski definition) is 3. The summed E-state index contributed by atoms with van der Waals surface area (Å²) in [5.74, 6) is 0.0307.